The van der Waals surface area contributed by atoms with E-state index in [1.165, 1.54) is 4.90 Å². The third-order valence-electron chi connectivity index (χ3n) is 3.63. The van der Waals surface area contributed by atoms with Crippen LogP contribution in [0, 0.1) is 0 Å². The molecule has 0 bridgehead atoms. The number of hydrogen-bond donors (Lipinski definition) is 1. The van der Waals surface area contributed by atoms with Gasteiger partial charge in [-0.25, -0.2) is 0 Å². The van der Waals surface area contributed by atoms with E-state index in [9.17, 15) is 9.90 Å². The highest BCUT2D eigenvalue weighted by Gasteiger charge is 2.36. The molecular weight excluding hydrogens is 278 g/mol. The highest BCUT2D eigenvalue weighted by atomic mass is 35.5. The molecule has 1 aromatic heterocycles. The Bertz CT molecular complexity index is 495. The molecule has 1 amide bonds. The van der Waals surface area contributed by atoms with E-state index in [2.05, 4.69) is 4.98 Å². The smallest absolute Gasteiger partial charge is 0.225 e. The molecule has 1 unspecified atom stereocenters. The number of halogens is 1. The summed E-state index contributed by atoms with van der Waals surface area (Å²) in [5.41, 5.74) is -0.135. The van der Waals surface area contributed by atoms with Crippen LogP contribution in [0.1, 0.15) is 19.3 Å². The summed E-state index contributed by atoms with van der Waals surface area (Å²) in [5, 5.41) is 11.2. The Morgan fingerprint density at radius 2 is 2.35 bits per heavy atom. The summed E-state index contributed by atoms with van der Waals surface area (Å²) in [5.74, 6) is -0.0600. The highest BCUT2D eigenvalue weighted by Crippen LogP contribution is 2.32. The van der Waals surface area contributed by atoms with Gasteiger partial charge in [-0.05, 0) is 18.9 Å². The SMILES string of the molecule is CN(C)C(=O)CC1(O)CCCN(c2ccncc2Cl)C1. The number of aromatic nitrogens is 1. The van der Waals surface area contributed by atoms with Crippen LogP contribution in [-0.4, -0.2) is 53.7 Å². The average molecular weight is 298 g/mol. The van der Waals surface area contributed by atoms with E-state index in [1.807, 2.05) is 11.0 Å². The maximum atomic E-state index is 11.8. The average Bonchev–Trinajstić information content (AvgIpc) is 2.38. The topological polar surface area (TPSA) is 56.7 Å². The molecule has 5 nitrogen and oxygen atoms in total. The summed E-state index contributed by atoms with van der Waals surface area (Å²) in [7, 11) is 3.40. The van der Waals surface area contributed by atoms with Gasteiger partial charge in [0.2, 0.25) is 5.91 Å². The van der Waals surface area contributed by atoms with Crippen molar-refractivity contribution in [3.63, 3.8) is 0 Å². The van der Waals surface area contributed by atoms with Crippen molar-refractivity contribution in [1.82, 2.24) is 9.88 Å². The maximum absolute atomic E-state index is 11.8. The zero-order chi connectivity index (χ0) is 14.8. The lowest BCUT2D eigenvalue weighted by atomic mass is 9.89. The van der Waals surface area contributed by atoms with Gasteiger partial charge in [0.05, 0.1) is 22.7 Å². The quantitative estimate of drug-likeness (QED) is 0.919. The number of β-amino-alcohol motifs (C(OH)–C–C–N with tert-alkyl or cyclic N) is 1. The molecule has 0 spiro atoms. The first-order valence-electron chi connectivity index (χ1n) is 6.68. The monoisotopic (exact) mass is 297 g/mol. The highest BCUT2D eigenvalue weighted by molar-refractivity contribution is 6.33. The van der Waals surface area contributed by atoms with Crippen LogP contribution in [0.5, 0.6) is 0 Å². The Balaban J connectivity index is 2.12. The summed E-state index contributed by atoms with van der Waals surface area (Å²) in [6.07, 6.45) is 4.87. The van der Waals surface area contributed by atoms with Gasteiger partial charge >= 0.3 is 0 Å². The minimum absolute atomic E-state index is 0.0600. The summed E-state index contributed by atoms with van der Waals surface area (Å²) in [6.45, 7) is 1.23. The molecule has 1 atom stereocenters. The number of anilines is 1. The van der Waals surface area contributed by atoms with Gasteiger partial charge in [-0.2, -0.15) is 0 Å². The number of hydrogen-bond acceptors (Lipinski definition) is 4. The normalized spacial score (nSPS) is 22.7. The Hall–Kier alpha value is -1.33. The molecule has 0 aromatic carbocycles. The molecular formula is C14H20ClN3O2. The van der Waals surface area contributed by atoms with Crippen molar-refractivity contribution in [2.24, 2.45) is 0 Å². The first kappa shape index (κ1) is 15.1. The summed E-state index contributed by atoms with van der Waals surface area (Å²) in [6, 6.07) is 1.84. The molecule has 6 heteroatoms. The number of rotatable bonds is 3. The van der Waals surface area contributed by atoms with Crippen molar-refractivity contribution in [3.05, 3.63) is 23.5 Å². The molecule has 2 heterocycles. The van der Waals surface area contributed by atoms with Crippen LogP contribution in [0.2, 0.25) is 5.02 Å². The molecule has 1 N–H and O–H groups in total. The predicted octanol–water partition coefficient (Wildman–Crippen LogP) is 1.54. The van der Waals surface area contributed by atoms with Crippen molar-refractivity contribution >= 4 is 23.2 Å². The maximum Gasteiger partial charge on any atom is 0.225 e. The van der Waals surface area contributed by atoms with E-state index in [0.29, 0.717) is 18.0 Å². The molecule has 1 aliphatic heterocycles. The van der Waals surface area contributed by atoms with Crippen molar-refractivity contribution in [3.8, 4) is 0 Å². The van der Waals surface area contributed by atoms with Crippen molar-refractivity contribution < 1.29 is 9.90 Å². The van der Waals surface area contributed by atoms with Crippen LogP contribution in [0.25, 0.3) is 0 Å². The first-order valence-corrected chi connectivity index (χ1v) is 7.06. The molecule has 0 radical (unpaired) electrons. The van der Waals surface area contributed by atoms with E-state index in [0.717, 1.165) is 18.7 Å². The lowest BCUT2D eigenvalue weighted by Gasteiger charge is -2.40. The van der Waals surface area contributed by atoms with E-state index in [-0.39, 0.29) is 12.3 Å². The second kappa shape index (κ2) is 5.97. The van der Waals surface area contributed by atoms with Crippen LogP contribution in [0.15, 0.2) is 18.5 Å². The van der Waals surface area contributed by atoms with Crippen molar-refractivity contribution in [2.45, 2.75) is 24.9 Å². The lowest BCUT2D eigenvalue weighted by molar-refractivity contribution is -0.134. The van der Waals surface area contributed by atoms with Crippen LogP contribution >= 0.6 is 11.6 Å². The van der Waals surface area contributed by atoms with Gasteiger partial charge in [0.25, 0.3) is 0 Å². The number of pyridine rings is 1. The Morgan fingerprint density at radius 1 is 1.60 bits per heavy atom. The first-order chi connectivity index (χ1) is 9.41. The third kappa shape index (κ3) is 3.41. The molecule has 110 valence electrons. The van der Waals surface area contributed by atoms with Gasteiger partial charge < -0.3 is 14.9 Å². The number of aliphatic hydroxyl groups is 1. The van der Waals surface area contributed by atoms with E-state index >= 15 is 0 Å². The van der Waals surface area contributed by atoms with Gasteiger partial charge in [0.15, 0.2) is 0 Å². The van der Waals surface area contributed by atoms with E-state index < -0.39 is 5.60 Å². The van der Waals surface area contributed by atoms with E-state index in [4.69, 9.17) is 11.6 Å². The van der Waals surface area contributed by atoms with Gasteiger partial charge in [0, 0.05) is 39.6 Å². The molecule has 2 rings (SSSR count). The predicted molar refractivity (Wildman–Crippen MR) is 79.0 cm³/mol. The summed E-state index contributed by atoms with van der Waals surface area (Å²) >= 11 is 6.15. The van der Waals surface area contributed by atoms with Crippen LogP contribution in [0.4, 0.5) is 5.69 Å². The van der Waals surface area contributed by atoms with Gasteiger partial charge in [-0.15, -0.1) is 0 Å². The molecule has 0 saturated carbocycles. The fourth-order valence-corrected chi connectivity index (χ4v) is 2.77. The number of carbonyl (C=O) groups excluding carboxylic acids is 1. The second-order valence-corrected chi connectivity index (χ2v) is 5.95. The Morgan fingerprint density at radius 3 is 3.00 bits per heavy atom. The van der Waals surface area contributed by atoms with Gasteiger partial charge in [0.1, 0.15) is 0 Å². The number of amides is 1. The number of nitrogens with zero attached hydrogens (tertiary/aromatic N) is 3. The standard InChI is InChI=1S/C14H20ClN3O2/c1-17(2)13(19)8-14(20)5-3-7-18(10-14)12-4-6-16-9-11(12)15/h4,6,9,20H,3,5,7-8,10H2,1-2H3. The van der Waals surface area contributed by atoms with Crippen LogP contribution < -0.4 is 4.90 Å². The lowest BCUT2D eigenvalue weighted by Crippen LogP contribution is -2.50. The van der Waals surface area contributed by atoms with Crippen molar-refractivity contribution in [2.75, 3.05) is 32.1 Å². The third-order valence-corrected chi connectivity index (χ3v) is 3.92. The minimum Gasteiger partial charge on any atom is -0.388 e. The largest absolute Gasteiger partial charge is 0.388 e. The molecule has 1 saturated heterocycles. The van der Waals surface area contributed by atoms with E-state index in [1.54, 1.807) is 26.5 Å². The fraction of sp³-hybridized carbons (Fsp3) is 0.571. The fourth-order valence-electron chi connectivity index (χ4n) is 2.53. The van der Waals surface area contributed by atoms with Gasteiger partial charge in [-0.3, -0.25) is 9.78 Å². The number of piperidine rings is 1. The molecule has 1 aromatic rings. The van der Waals surface area contributed by atoms with Gasteiger partial charge in [-0.1, -0.05) is 11.6 Å². The second-order valence-electron chi connectivity index (χ2n) is 5.54. The molecule has 20 heavy (non-hydrogen) atoms. The number of carbonyl (C=O) groups is 1. The molecule has 1 fully saturated rings. The van der Waals surface area contributed by atoms with Crippen LogP contribution in [0.3, 0.4) is 0 Å². The molecule has 1 aliphatic rings. The summed E-state index contributed by atoms with van der Waals surface area (Å²) in [4.78, 5) is 19.3. The Kier molecular flexibility index (Phi) is 4.50. The Labute approximate surface area is 124 Å². The molecule has 0 aliphatic carbocycles. The minimum atomic E-state index is -0.994. The summed E-state index contributed by atoms with van der Waals surface area (Å²) < 4.78 is 0. The van der Waals surface area contributed by atoms with Crippen LogP contribution in [-0.2, 0) is 4.79 Å². The zero-order valence-electron chi connectivity index (χ0n) is 11.8. The zero-order valence-corrected chi connectivity index (χ0v) is 12.6. The van der Waals surface area contributed by atoms with Crippen molar-refractivity contribution in [1.29, 1.82) is 0 Å².